The van der Waals surface area contributed by atoms with E-state index < -0.39 is 5.97 Å². The van der Waals surface area contributed by atoms with Crippen LogP contribution in [0.25, 0.3) is 0 Å². The minimum Gasteiger partial charge on any atom is -0.338 e. The number of benzene rings is 2. The summed E-state index contributed by atoms with van der Waals surface area (Å²) in [6, 6.07) is 11.5. The molecule has 0 aliphatic carbocycles. The minimum absolute atomic E-state index is 0.143. The third-order valence-electron chi connectivity index (χ3n) is 4.94. The number of nitrogens with zero attached hydrogens (tertiary/aromatic N) is 6. The lowest BCUT2D eigenvalue weighted by molar-refractivity contribution is 0.0515. The van der Waals surface area contributed by atoms with Crippen LogP contribution in [0.3, 0.4) is 0 Å². The number of rotatable bonds is 6. The van der Waals surface area contributed by atoms with Crippen molar-refractivity contribution >= 4 is 52.4 Å². The highest BCUT2D eigenvalue weighted by atomic mass is 35.5. The van der Waals surface area contributed by atoms with Crippen LogP contribution in [0.1, 0.15) is 35.2 Å². The molecule has 2 heterocycles. The van der Waals surface area contributed by atoms with Crippen molar-refractivity contribution in [1.82, 2.24) is 20.2 Å². The lowest BCUT2D eigenvalue weighted by Gasteiger charge is -2.24. The molecular formula is C21H19Cl3N6O2. The van der Waals surface area contributed by atoms with Gasteiger partial charge in [0.05, 0.1) is 10.6 Å². The molecule has 1 aliphatic rings. The summed E-state index contributed by atoms with van der Waals surface area (Å²) in [7, 11) is 0. The molecule has 1 fully saturated rings. The van der Waals surface area contributed by atoms with E-state index in [1.807, 2.05) is 0 Å². The van der Waals surface area contributed by atoms with Gasteiger partial charge in [-0.15, -0.1) is 5.10 Å². The summed E-state index contributed by atoms with van der Waals surface area (Å²) in [6.07, 6.45) is 3.42. The molecular weight excluding hydrogens is 475 g/mol. The van der Waals surface area contributed by atoms with Gasteiger partial charge in [0.25, 0.3) is 5.95 Å². The molecule has 3 aromatic rings. The van der Waals surface area contributed by atoms with Gasteiger partial charge >= 0.3 is 5.97 Å². The van der Waals surface area contributed by atoms with Gasteiger partial charge in [-0.25, -0.2) is 4.79 Å². The maximum absolute atomic E-state index is 12.5. The summed E-state index contributed by atoms with van der Waals surface area (Å²) in [5.74, 6) is -0.135. The monoisotopic (exact) mass is 492 g/mol. The van der Waals surface area contributed by atoms with Gasteiger partial charge in [-0.2, -0.15) is 4.80 Å². The zero-order valence-corrected chi connectivity index (χ0v) is 19.2. The van der Waals surface area contributed by atoms with Gasteiger partial charge in [-0.3, -0.25) is 0 Å². The van der Waals surface area contributed by atoms with Crippen LogP contribution in [0, 0.1) is 0 Å². The Kier molecular flexibility index (Phi) is 7.24. The molecule has 0 saturated carbocycles. The SMILES string of the molecule is O=C(O/N=C(\Cn1nnc(N2CCCCC2)n1)c1ccc(Cl)cc1)c1ccc(Cl)cc1Cl. The predicted molar refractivity (Wildman–Crippen MR) is 124 cm³/mol. The summed E-state index contributed by atoms with van der Waals surface area (Å²) in [6.45, 7) is 1.96. The lowest BCUT2D eigenvalue weighted by atomic mass is 10.1. The first-order chi connectivity index (χ1) is 15.5. The number of carbonyl (C=O) groups excluding carboxylic acids is 1. The number of hydrogen-bond donors (Lipinski definition) is 0. The minimum atomic E-state index is -0.710. The third-order valence-corrected chi connectivity index (χ3v) is 5.74. The average Bonchev–Trinajstić information content (AvgIpc) is 3.26. The van der Waals surface area contributed by atoms with Gasteiger partial charge in [0.2, 0.25) is 0 Å². The van der Waals surface area contributed by atoms with Crippen LogP contribution < -0.4 is 4.90 Å². The van der Waals surface area contributed by atoms with Crippen molar-refractivity contribution in [3.05, 3.63) is 68.7 Å². The number of piperidine rings is 1. The maximum atomic E-state index is 12.5. The molecule has 11 heteroatoms. The van der Waals surface area contributed by atoms with Crippen molar-refractivity contribution in [2.75, 3.05) is 18.0 Å². The maximum Gasteiger partial charge on any atom is 0.367 e. The number of hydrogen-bond acceptors (Lipinski definition) is 7. The van der Waals surface area contributed by atoms with E-state index in [2.05, 4.69) is 25.5 Å². The van der Waals surface area contributed by atoms with Crippen molar-refractivity contribution in [3.63, 3.8) is 0 Å². The predicted octanol–water partition coefficient (Wildman–Crippen LogP) is 4.88. The summed E-state index contributed by atoms with van der Waals surface area (Å²) >= 11 is 18.0. The van der Waals surface area contributed by atoms with Gasteiger partial charge in [-0.1, -0.05) is 57.2 Å². The molecule has 0 atom stereocenters. The Labute approximate surface area is 199 Å². The summed E-state index contributed by atoms with van der Waals surface area (Å²) in [4.78, 5) is 21.2. The van der Waals surface area contributed by atoms with E-state index in [0.29, 0.717) is 27.3 Å². The zero-order chi connectivity index (χ0) is 22.5. The molecule has 0 N–H and O–H groups in total. The van der Waals surface area contributed by atoms with E-state index >= 15 is 0 Å². The standard InChI is InChI=1S/C21H19Cl3N6O2/c22-15-6-4-14(5-7-15)19(27-32-20(31)17-9-8-16(23)12-18(17)24)13-30-26-21(25-28-30)29-10-2-1-3-11-29/h4-9,12H,1-3,10-11,13H2/b27-19+. The van der Waals surface area contributed by atoms with Gasteiger partial charge in [0, 0.05) is 28.7 Å². The molecule has 0 radical (unpaired) electrons. The molecule has 1 saturated heterocycles. The van der Waals surface area contributed by atoms with Crippen LogP contribution in [0.5, 0.6) is 0 Å². The highest BCUT2D eigenvalue weighted by molar-refractivity contribution is 6.36. The first kappa shape index (κ1) is 22.5. The van der Waals surface area contributed by atoms with Crippen LogP contribution in [-0.2, 0) is 11.4 Å². The van der Waals surface area contributed by atoms with Crippen LogP contribution in [0.4, 0.5) is 5.95 Å². The third kappa shape index (κ3) is 5.56. The molecule has 4 rings (SSSR count). The summed E-state index contributed by atoms with van der Waals surface area (Å²) < 4.78 is 0. The molecule has 166 valence electrons. The first-order valence-electron chi connectivity index (χ1n) is 10.0. The molecule has 0 unspecified atom stereocenters. The number of oxime groups is 1. The normalized spacial score (nSPS) is 14.5. The number of tetrazole rings is 1. The molecule has 32 heavy (non-hydrogen) atoms. The second-order valence-electron chi connectivity index (χ2n) is 7.22. The summed E-state index contributed by atoms with van der Waals surface area (Å²) in [5.41, 5.74) is 1.27. The Hall–Kier alpha value is -2.68. The zero-order valence-electron chi connectivity index (χ0n) is 16.9. The molecule has 1 aliphatic heterocycles. The Bertz CT molecular complexity index is 1130. The van der Waals surface area contributed by atoms with E-state index in [0.717, 1.165) is 25.9 Å². The van der Waals surface area contributed by atoms with Crippen molar-refractivity contribution in [3.8, 4) is 0 Å². The van der Waals surface area contributed by atoms with Gasteiger partial charge < -0.3 is 9.74 Å². The second kappa shape index (κ2) is 10.3. The average molecular weight is 494 g/mol. The van der Waals surface area contributed by atoms with E-state index in [9.17, 15) is 4.79 Å². The number of aromatic nitrogens is 4. The Morgan fingerprint density at radius 1 is 1.00 bits per heavy atom. The molecule has 1 aromatic heterocycles. The Morgan fingerprint density at radius 2 is 1.72 bits per heavy atom. The van der Waals surface area contributed by atoms with Crippen molar-refractivity contribution in [2.24, 2.45) is 5.16 Å². The smallest absolute Gasteiger partial charge is 0.338 e. The van der Waals surface area contributed by atoms with Crippen LogP contribution in [-0.4, -0.2) is 45.0 Å². The van der Waals surface area contributed by atoms with Crippen LogP contribution in [0.15, 0.2) is 47.6 Å². The highest BCUT2D eigenvalue weighted by Crippen LogP contribution is 2.22. The first-order valence-corrected chi connectivity index (χ1v) is 11.1. The van der Waals surface area contributed by atoms with Crippen molar-refractivity contribution in [1.29, 1.82) is 0 Å². The number of halogens is 3. The molecule has 2 aromatic carbocycles. The Morgan fingerprint density at radius 3 is 2.44 bits per heavy atom. The largest absolute Gasteiger partial charge is 0.367 e. The fourth-order valence-corrected chi connectivity index (χ4v) is 3.88. The van der Waals surface area contributed by atoms with Crippen molar-refractivity contribution in [2.45, 2.75) is 25.8 Å². The fourth-order valence-electron chi connectivity index (χ4n) is 3.27. The van der Waals surface area contributed by atoms with E-state index in [4.69, 9.17) is 39.6 Å². The van der Waals surface area contributed by atoms with Crippen LogP contribution >= 0.6 is 34.8 Å². The topological polar surface area (TPSA) is 85.5 Å². The molecule has 8 nitrogen and oxygen atoms in total. The van der Waals surface area contributed by atoms with Crippen molar-refractivity contribution < 1.29 is 9.63 Å². The molecule has 0 bridgehead atoms. The second-order valence-corrected chi connectivity index (χ2v) is 8.50. The number of anilines is 1. The highest BCUT2D eigenvalue weighted by Gasteiger charge is 2.18. The van der Waals surface area contributed by atoms with Crippen LogP contribution in [0.2, 0.25) is 15.1 Å². The Balaban J connectivity index is 1.55. The van der Waals surface area contributed by atoms with E-state index in [1.54, 1.807) is 30.3 Å². The van der Waals surface area contributed by atoms with Gasteiger partial charge in [0.15, 0.2) is 0 Å². The van der Waals surface area contributed by atoms with Gasteiger partial charge in [-0.05, 0) is 54.8 Å². The molecule has 0 spiro atoms. The molecule has 0 amide bonds. The lowest BCUT2D eigenvalue weighted by Crippen LogP contribution is -2.30. The van der Waals surface area contributed by atoms with E-state index in [-0.39, 0.29) is 17.1 Å². The summed E-state index contributed by atoms with van der Waals surface area (Å²) in [5, 5.41) is 18.0. The van der Waals surface area contributed by atoms with E-state index in [1.165, 1.54) is 23.4 Å². The quantitative estimate of drug-likeness (QED) is 0.276. The van der Waals surface area contributed by atoms with Gasteiger partial charge in [0.1, 0.15) is 12.3 Å². The number of carbonyl (C=O) groups is 1. The fraction of sp³-hybridized carbons (Fsp3) is 0.286.